The van der Waals surface area contributed by atoms with E-state index < -0.39 is 0 Å². The van der Waals surface area contributed by atoms with Gasteiger partial charge in [0.15, 0.2) is 6.61 Å². The lowest BCUT2D eigenvalue weighted by atomic mass is 10.1. The molecule has 1 amide bonds. The van der Waals surface area contributed by atoms with Crippen LogP contribution in [0.3, 0.4) is 0 Å². The maximum absolute atomic E-state index is 12.2. The molecule has 0 unspecified atom stereocenters. The molecule has 0 radical (unpaired) electrons. The normalized spacial score (nSPS) is 14.9. The molecular weight excluding hydrogens is 268 g/mol. The standard InChI is InChI=1S/C16H22N2O3/c1-3-14(17-20)13-7-5-6-8-15(13)21-11-16(19)18(4-2)12-9-10-12/h5-8,12,20H,3-4,9-11H2,1-2H3. The van der Waals surface area contributed by atoms with Gasteiger partial charge in [-0.2, -0.15) is 0 Å². The minimum absolute atomic E-state index is 0.00814. The molecule has 1 aliphatic carbocycles. The van der Waals surface area contributed by atoms with Crippen LogP contribution in [0.4, 0.5) is 0 Å². The van der Waals surface area contributed by atoms with E-state index in [1.54, 1.807) is 6.07 Å². The van der Waals surface area contributed by atoms with Gasteiger partial charge in [0, 0.05) is 18.2 Å². The molecule has 1 aromatic carbocycles. The van der Waals surface area contributed by atoms with Crippen LogP contribution in [0.15, 0.2) is 29.4 Å². The van der Waals surface area contributed by atoms with Crippen LogP contribution >= 0.6 is 0 Å². The first-order valence-corrected chi connectivity index (χ1v) is 7.43. The number of oxime groups is 1. The molecule has 0 bridgehead atoms. The summed E-state index contributed by atoms with van der Waals surface area (Å²) in [6.07, 6.45) is 2.77. The third-order valence-electron chi connectivity index (χ3n) is 3.65. The molecule has 1 aromatic rings. The van der Waals surface area contributed by atoms with Crippen LogP contribution in [-0.2, 0) is 4.79 Å². The van der Waals surface area contributed by atoms with E-state index in [4.69, 9.17) is 9.94 Å². The summed E-state index contributed by atoms with van der Waals surface area (Å²) < 4.78 is 5.66. The Kier molecular flexibility index (Phi) is 5.20. The molecule has 0 heterocycles. The third kappa shape index (κ3) is 3.74. The predicted octanol–water partition coefficient (Wildman–Crippen LogP) is 2.66. The van der Waals surface area contributed by atoms with Crippen molar-refractivity contribution in [3.8, 4) is 5.75 Å². The van der Waals surface area contributed by atoms with Crippen molar-refractivity contribution in [3.63, 3.8) is 0 Å². The lowest BCUT2D eigenvalue weighted by Crippen LogP contribution is -2.36. The molecule has 114 valence electrons. The molecule has 1 aliphatic rings. The fourth-order valence-electron chi connectivity index (χ4n) is 2.39. The van der Waals surface area contributed by atoms with Crippen LogP contribution in [0.5, 0.6) is 5.75 Å². The minimum atomic E-state index is 0.00814. The van der Waals surface area contributed by atoms with Crippen molar-refractivity contribution in [3.05, 3.63) is 29.8 Å². The van der Waals surface area contributed by atoms with Gasteiger partial charge in [-0.25, -0.2) is 0 Å². The molecule has 1 N–H and O–H groups in total. The first-order valence-electron chi connectivity index (χ1n) is 7.43. The van der Waals surface area contributed by atoms with Gasteiger partial charge in [-0.1, -0.05) is 24.2 Å². The number of benzene rings is 1. The monoisotopic (exact) mass is 290 g/mol. The van der Waals surface area contributed by atoms with Crippen molar-refractivity contribution in [1.82, 2.24) is 4.90 Å². The number of hydrogen-bond acceptors (Lipinski definition) is 4. The second kappa shape index (κ2) is 7.11. The van der Waals surface area contributed by atoms with Crippen LogP contribution in [-0.4, -0.2) is 40.9 Å². The molecule has 5 nitrogen and oxygen atoms in total. The Morgan fingerprint density at radius 1 is 1.38 bits per heavy atom. The number of carbonyl (C=O) groups is 1. The molecule has 0 aromatic heterocycles. The van der Waals surface area contributed by atoms with E-state index in [0.717, 1.165) is 18.4 Å². The van der Waals surface area contributed by atoms with Gasteiger partial charge >= 0.3 is 0 Å². The Morgan fingerprint density at radius 2 is 2.10 bits per heavy atom. The summed E-state index contributed by atoms with van der Waals surface area (Å²) in [4.78, 5) is 14.0. The van der Waals surface area contributed by atoms with Gasteiger partial charge in [-0.15, -0.1) is 0 Å². The molecule has 1 fully saturated rings. The highest BCUT2D eigenvalue weighted by atomic mass is 16.5. The van der Waals surface area contributed by atoms with Gasteiger partial charge in [-0.05, 0) is 38.3 Å². The number of carbonyl (C=O) groups excluding carboxylic acids is 1. The third-order valence-corrected chi connectivity index (χ3v) is 3.65. The van der Waals surface area contributed by atoms with E-state index in [1.165, 1.54) is 0 Å². The van der Waals surface area contributed by atoms with Gasteiger partial charge in [0.1, 0.15) is 5.75 Å². The molecule has 0 spiro atoms. The molecule has 21 heavy (non-hydrogen) atoms. The van der Waals surface area contributed by atoms with Crippen molar-refractivity contribution in [1.29, 1.82) is 0 Å². The summed E-state index contributed by atoms with van der Waals surface area (Å²) in [7, 11) is 0. The zero-order chi connectivity index (χ0) is 15.2. The number of hydrogen-bond donors (Lipinski definition) is 1. The predicted molar refractivity (Wildman–Crippen MR) is 81.0 cm³/mol. The van der Waals surface area contributed by atoms with Gasteiger partial charge in [0.05, 0.1) is 5.71 Å². The first-order chi connectivity index (χ1) is 10.2. The number of para-hydroxylation sites is 1. The van der Waals surface area contributed by atoms with Crippen molar-refractivity contribution < 1.29 is 14.7 Å². The Bertz CT molecular complexity index is 524. The highest BCUT2D eigenvalue weighted by Crippen LogP contribution is 2.27. The number of nitrogens with zero attached hydrogens (tertiary/aromatic N) is 2. The first kappa shape index (κ1) is 15.4. The SMILES string of the molecule is CCC(=NO)c1ccccc1OCC(=O)N(CC)C1CC1. The fraction of sp³-hybridized carbons (Fsp3) is 0.500. The Hall–Kier alpha value is -2.04. The smallest absolute Gasteiger partial charge is 0.260 e. The molecular formula is C16H22N2O3. The van der Waals surface area contributed by atoms with Crippen LogP contribution in [0.25, 0.3) is 0 Å². The van der Waals surface area contributed by atoms with E-state index in [9.17, 15) is 4.79 Å². The van der Waals surface area contributed by atoms with E-state index in [1.807, 2.05) is 36.9 Å². The van der Waals surface area contributed by atoms with Gasteiger partial charge in [0.25, 0.3) is 5.91 Å². The Labute approximate surface area is 125 Å². The summed E-state index contributed by atoms with van der Waals surface area (Å²) in [5.74, 6) is 0.584. The Balaban J connectivity index is 2.04. The number of rotatable bonds is 7. The molecule has 1 saturated carbocycles. The van der Waals surface area contributed by atoms with E-state index in [0.29, 0.717) is 30.5 Å². The van der Waals surface area contributed by atoms with Crippen LogP contribution in [0.2, 0.25) is 0 Å². The number of ether oxygens (including phenoxy) is 1. The summed E-state index contributed by atoms with van der Waals surface area (Å²) in [6, 6.07) is 7.71. The Morgan fingerprint density at radius 3 is 2.67 bits per heavy atom. The molecule has 2 rings (SSSR count). The highest BCUT2D eigenvalue weighted by Gasteiger charge is 2.31. The summed E-state index contributed by atoms with van der Waals surface area (Å²) in [6.45, 7) is 4.62. The van der Waals surface area contributed by atoms with Gasteiger partial charge in [0.2, 0.25) is 0 Å². The average Bonchev–Trinajstić information content (AvgIpc) is 3.33. The maximum atomic E-state index is 12.2. The summed E-state index contributed by atoms with van der Waals surface area (Å²) >= 11 is 0. The minimum Gasteiger partial charge on any atom is -0.483 e. The molecule has 0 atom stereocenters. The lowest BCUT2D eigenvalue weighted by Gasteiger charge is -2.21. The average molecular weight is 290 g/mol. The second-order valence-electron chi connectivity index (χ2n) is 5.10. The van der Waals surface area contributed by atoms with E-state index in [2.05, 4.69) is 5.16 Å². The van der Waals surface area contributed by atoms with Gasteiger partial charge < -0.3 is 14.8 Å². The maximum Gasteiger partial charge on any atom is 0.260 e. The van der Waals surface area contributed by atoms with E-state index >= 15 is 0 Å². The quantitative estimate of drug-likeness (QED) is 0.477. The number of amides is 1. The molecule has 0 saturated heterocycles. The molecule has 0 aliphatic heterocycles. The van der Waals surface area contributed by atoms with Gasteiger partial charge in [-0.3, -0.25) is 4.79 Å². The topological polar surface area (TPSA) is 62.1 Å². The van der Waals surface area contributed by atoms with Crippen LogP contribution in [0, 0.1) is 0 Å². The van der Waals surface area contributed by atoms with Crippen molar-refractivity contribution in [2.24, 2.45) is 5.16 Å². The fourth-order valence-corrected chi connectivity index (χ4v) is 2.39. The zero-order valence-electron chi connectivity index (χ0n) is 12.6. The molecule has 5 heteroatoms. The van der Waals surface area contributed by atoms with E-state index in [-0.39, 0.29) is 12.5 Å². The number of likely N-dealkylation sites (N-methyl/N-ethyl adjacent to an activating group) is 1. The highest BCUT2D eigenvalue weighted by molar-refractivity contribution is 6.02. The van der Waals surface area contributed by atoms with Crippen LogP contribution < -0.4 is 4.74 Å². The van der Waals surface area contributed by atoms with Crippen molar-refractivity contribution in [2.75, 3.05) is 13.2 Å². The lowest BCUT2D eigenvalue weighted by molar-refractivity contribution is -0.133. The van der Waals surface area contributed by atoms with Crippen molar-refractivity contribution in [2.45, 2.75) is 39.2 Å². The largest absolute Gasteiger partial charge is 0.483 e. The van der Waals surface area contributed by atoms with Crippen molar-refractivity contribution >= 4 is 11.6 Å². The second-order valence-corrected chi connectivity index (χ2v) is 5.10. The summed E-state index contributed by atoms with van der Waals surface area (Å²) in [5, 5.41) is 12.3. The zero-order valence-corrected chi connectivity index (χ0v) is 12.6. The van der Waals surface area contributed by atoms with Crippen LogP contribution in [0.1, 0.15) is 38.7 Å². The summed E-state index contributed by atoms with van der Waals surface area (Å²) in [5.41, 5.74) is 1.28.